The molecule has 0 aromatic heterocycles. The lowest BCUT2D eigenvalue weighted by Gasteiger charge is -2.16. The van der Waals surface area contributed by atoms with Crippen molar-refractivity contribution in [3.8, 4) is 0 Å². The third-order valence-corrected chi connectivity index (χ3v) is 3.91. The summed E-state index contributed by atoms with van der Waals surface area (Å²) in [5, 5.41) is 0. The summed E-state index contributed by atoms with van der Waals surface area (Å²) < 4.78 is 0. The van der Waals surface area contributed by atoms with Gasteiger partial charge in [-0.3, -0.25) is 0 Å². The third kappa shape index (κ3) is 3.71. The van der Waals surface area contributed by atoms with Crippen molar-refractivity contribution in [3.05, 3.63) is 70.3 Å². The van der Waals surface area contributed by atoms with Crippen LogP contribution in [0.25, 0.3) is 0 Å². The van der Waals surface area contributed by atoms with Crippen LogP contribution in [-0.2, 0) is 12.8 Å². The van der Waals surface area contributed by atoms with Crippen molar-refractivity contribution < 1.29 is 0 Å². The first-order valence-corrected chi connectivity index (χ1v) is 7.48. The van der Waals surface area contributed by atoms with Crippen LogP contribution in [0.15, 0.2) is 42.5 Å². The van der Waals surface area contributed by atoms with Crippen molar-refractivity contribution >= 4 is 0 Å². The minimum atomic E-state index is 0.405. The topological polar surface area (TPSA) is 26.0 Å². The highest BCUT2D eigenvalue weighted by atomic mass is 14.5. The zero-order valence-electron chi connectivity index (χ0n) is 12.8. The molecular formula is C19H25N. The lowest BCUT2D eigenvalue weighted by Crippen LogP contribution is -2.15. The van der Waals surface area contributed by atoms with E-state index in [1.54, 1.807) is 0 Å². The molecule has 0 bridgehead atoms. The first kappa shape index (κ1) is 14.8. The van der Waals surface area contributed by atoms with Gasteiger partial charge in [-0.15, -0.1) is 0 Å². The van der Waals surface area contributed by atoms with E-state index in [1.807, 2.05) is 0 Å². The molecule has 1 unspecified atom stereocenters. The van der Waals surface area contributed by atoms with Crippen LogP contribution in [0.3, 0.4) is 0 Å². The van der Waals surface area contributed by atoms with Gasteiger partial charge >= 0.3 is 0 Å². The Labute approximate surface area is 122 Å². The highest BCUT2D eigenvalue weighted by molar-refractivity contribution is 5.32. The summed E-state index contributed by atoms with van der Waals surface area (Å²) in [4.78, 5) is 0. The van der Waals surface area contributed by atoms with Crippen LogP contribution in [0.1, 0.15) is 40.7 Å². The van der Waals surface area contributed by atoms with Crippen LogP contribution >= 0.6 is 0 Å². The lowest BCUT2D eigenvalue weighted by molar-refractivity contribution is 0.693. The molecule has 106 valence electrons. The Balaban J connectivity index is 2.19. The smallest absolute Gasteiger partial charge is 0.000157 e. The Morgan fingerprint density at radius 2 is 1.50 bits per heavy atom. The van der Waals surface area contributed by atoms with Crippen molar-refractivity contribution in [2.45, 2.75) is 39.5 Å². The van der Waals surface area contributed by atoms with Crippen LogP contribution < -0.4 is 5.73 Å². The molecule has 1 nitrogen and oxygen atoms in total. The highest BCUT2D eigenvalue weighted by Crippen LogP contribution is 2.22. The molecule has 0 aliphatic heterocycles. The molecule has 0 aliphatic rings. The fraction of sp³-hybridized carbons (Fsp3) is 0.368. The molecule has 0 aliphatic carbocycles. The lowest BCUT2D eigenvalue weighted by atomic mass is 9.90. The average molecular weight is 267 g/mol. The van der Waals surface area contributed by atoms with Gasteiger partial charge in [0.15, 0.2) is 0 Å². The van der Waals surface area contributed by atoms with Gasteiger partial charge in [-0.05, 0) is 49.9 Å². The molecule has 0 saturated heterocycles. The second-order valence-corrected chi connectivity index (χ2v) is 5.73. The predicted octanol–water partition coefficient (Wildman–Crippen LogP) is 4.15. The van der Waals surface area contributed by atoms with E-state index < -0.39 is 0 Å². The molecule has 20 heavy (non-hydrogen) atoms. The fourth-order valence-electron chi connectivity index (χ4n) is 2.83. The molecule has 0 radical (unpaired) electrons. The summed E-state index contributed by atoms with van der Waals surface area (Å²) in [6, 6.07) is 15.7. The van der Waals surface area contributed by atoms with E-state index in [9.17, 15) is 0 Å². The van der Waals surface area contributed by atoms with Crippen LogP contribution in [-0.4, -0.2) is 6.54 Å². The third-order valence-electron chi connectivity index (χ3n) is 3.91. The van der Waals surface area contributed by atoms with Crippen LogP contribution in [0.5, 0.6) is 0 Å². The van der Waals surface area contributed by atoms with E-state index in [0.29, 0.717) is 12.5 Å². The molecule has 0 heterocycles. The standard InChI is InChI=1S/C19H25N/c1-4-16-5-7-18(8-6-16)19(13-20)12-17-10-14(2)9-15(3)11-17/h5-11,19H,4,12-13,20H2,1-3H3. The average Bonchev–Trinajstić information content (AvgIpc) is 2.44. The minimum Gasteiger partial charge on any atom is -0.330 e. The maximum absolute atomic E-state index is 6.00. The van der Waals surface area contributed by atoms with Crippen molar-refractivity contribution in [1.29, 1.82) is 0 Å². The molecule has 2 rings (SSSR count). The summed E-state index contributed by atoms with van der Waals surface area (Å²) in [5.74, 6) is 0.405. The van der Waals surface area contributed by atoms with Crippen LogP contribution in [0.4, 0.5) is 0 Å². The SMILES string of the molecule is CCc1ccc(C(CN)Cc2cc(C)cc(C)c2)cc1. The van der Waals surface area contributed by atoms with Gasteiger partial charge in [0.2, 0.25) is 0 Å². The second-order valence-electron chi connectivity index (χ2n) is 5.73. The molecule has 2 aromatic carbocycles. The zero-order valence-corrected chi connectivity index (χ0v) is 12.8. The zero-order chi connectivity index (χ0) is 14.5. The molecule has 0 spiro atoms. The van der Waals surface area contributed by atoms with Crippen LogP contribution in [0.2, 0.25) is 0 Å². The van der Waals surface area contributed by atoms with E-state index in [-0.39, 0.29) is 0 Å². The fourth-order valence-corrected chi connectivity index (χ4v) is 2.83. The maximum atomic E-state index is 6.00. The predicted molar refractivity (Wildman–Crippen MR) is 87.2 cm³/mol. The minimum absolute atomic E-state index is 0.405. The Kier molecular flexibility index (Phi) is 4.97. The van der Waals surface area contributed by atoms with Gasteiger partial charge in [0.1, 0.15) is 0 Å². The highest BCUT2D eigenvalue weighted by Gasteiger charge is 2.11. The van der Waals surface area contributed by atoms with E-state index in [4.69, 9.17) is 5.73 Å². The number of hydrogen-bond donors (Lipinski definition) is 1. The molecule has 2 aromatic rings. The van der Waals surface area contributed by atoms with Gasteiger partial charge in [-0.2, -0.15) is 0 Å². The van der Waals surface area contributed by atoms with Gasteiger partial charge in [0.05, 0.1) is 0 Å². The normalized spacial score (nSPS) is 12.4. The number of hydrogen-bond acceptors (Lipinski definition) is 1. The molecule has 0 amide bonds. The van der Waals surface area contributed by atoms with E-state index >= 15 is 0 Å². The van der Waals surface area contributed by atoms with Crippen molar-refractivity contribution in [3.63, 3.8) is 0 Å². The molecule has 1 heteroatoms. The molecule has 2 N–H and O–H groups in total. The molecule has 0 fully saturated rings. The van der Waals surface area contributed by atoms with Gasteiger partial charge in [-0.1, -0.05) is 60.5 Å². The first-order chi connectivity index (χ1) is 9.62. The largest absolute Gasteiger partial charge is 0.330 e. The van der Waals surface area contributed by atoms with Gasteiger partial charge in [0.25, 0.3) is 0 Å². The summed E-state index contributed by atoms with van der Waals surface area (Å²) >= 11 is 0. The number of benzene rings is 2. The Morgan fingerprint density at radius 1 is 0.900 bits per heavy atom. The monoisotopic (exact) mass is 267 g/mol. The van der Waals surface area contributed by atoms with Gasteiger partial charge in [-0.25, -0.2) is 0 Å². The van der Waals surface area contributed by atoms with E-state index in [1.165, 1.54) is 27.8 Å². The summed E-state index contributed by atoms with van der Waals surface area (Å²) in [5.41, 5.74) is 12.8. The van der Waals surface area contributed by atoms with Crippen molar-refractivity contribution in [2.24, 2.45) is 5.73 Å². The molecule has 0 saturated carbocycles. The second kappa shape index (κ2) is 6.71. The summed E-state index contributed by atoms with van der Waals surface area (Å²) in [7, 11) is 0. The number of nitrogens with two attached hydrogens (primary N) is 1. The molecule has 1 atom stereocenters. The Bertz CT molecular complexity index is 534. The Hall–Kier alpha value is -1.60. The van der Waals surface area contributed by atoms with Crippen molar-refractivity contribution in [2.75, 3.05) is 6.54 Å². The summed E-state index contributed by atoms with van der Waals surface area (Å²) in [6.45, 7) is 7.19. The van der Waals surface area contributed by atoms with E-state index in [0.717, 1.165) is 12.8 Å². The van der Waals surface area contributed by atoms with E-state index in [2.05, 4.69) is 63.2 Å². The summed E-state index contributed by atoms with van der Waals surface area (Å²) in [6.07, 6.45) is 2.11. The van der Waals surface area contributed by atoms with Gasteiger partial charge < -0.3 is 5.73 Å². The first-order valence-electron chi connectivity index (χ1n) is 7.48. The van der Waals surface area contributed by atoms with Gasteiger partial charge in [0, 0.05) is 5.92 Å². The quantitative estimate of drug-likeness (QED) is 0.865. The number of rotatable bonds is 5. The number of aryl methyl sites for hydroxylation is 3. The maximum Gasteiger partial charge on any atom is 0.000157 e. The van der Waals surface area contributed by atoms with Crippen LogP contribution in [0, 0.1) is 13.8 Å². The molecular weight excluding hydrogens is 242 g/mol. The van der Waals surface area contributed by atoms with Crippen molar-refractivity contribution in [1.82, 2.24) is 0 Å². The Morgan fingerprint density at radius 3 is 2.00 bits per heavy atom.